The molecule has 3 N–H and O–H groups in total. The molecule has 1 amide bonds. The van der Waals surface area contributed by atoms with Gasteiger partial charge in [0.2, 0.25) is 0 Å². The molecule has 0 fully saturated rings. The molecule has 0 spiro atoms. The van der Waals surface area contributed by atoms with Crippen molar-refractivity contribution in [2.45, 2.75) is 6.54 Å². The highest BCUT2D eigenvalue weighted by molar-refractivity contribution is 5.95. The number of benzene rings is 2. The molecule has 0 aliphatic carbocycles. The van der Waals surface area contributed by atoms with Gasteiger partial charge < -0.3 is 15.7 Å². The van der Waals surface area contributed by atoms with Gasteiger partial charge >= 0.3 is 0 Å². The molecule has 0 bridgehead atoms. The number of aliphatic hydroxyl groups is 1. The maximum absolute atomic E-state index is 11.8. The summed E-state index contributed by atoms with van der Waals surface area (Å²) in [6, 6.07) is 16.6. The van der Waals surface area contributed by atoms with Crippen LogP contribution in [0.3, 0.4) is 0 Å². The predicted molar refractivity (Wildman–Crippen MR) is 84.3 cm³/mol. The molecule has 0 heterocycles. The van der Waals surface area contributed by atoms with E-state index in [4.69, 9.17) is 10.4 Å². The molecule has 0 aliphatic heterocycles. The molecular formula is C17H17N3O2. The molecule has 2 aromatic rings. The Morgan fingerprint density at radius 3 is 2.77 bits per heavy atom. The molecule has 22 heavy (non-hydrogen) atoms. The van der Waals surface area contributed by atoms with Gasteiger partial charge in [-0.2, -0.15) is 5.26 Å². The summed E-state index contributed by atoms with van der Waals surface area (Å²) >= 11 is 0. The van der Waals surface area contributed by atoms with E-state index in [9.17, 15) is 4.79 Å². The number of aliphatic hydroxyl groups excluding tert-OH is 1. The van der Waals surface area contributed by atoms with E-state index in [0.717, 1.165) is 11.3 Å². The Bertz CT molecular complexity index is 692. The first kappa shape index (κ1) is 15.5. The van der Waals surface area contributed by atoms with E-state index in [1.165, 1.54) is 0 Å². The van der Waals surface area contributed by atoms with Crippen molar-refractivity contribution in [3.8, 4) is 6.07 Å². The van der Waals surface area contributed by atoms with Gasteiger partial charge in [0.15, 0.2) is 0 Å². The third-order valence-corrected chi connectivity index (χ3v) is 3.07. The van der Waals surface area contributed by atoms with Crippen molar-refractivity contribution in [1.82, 2.24) is 5.32 Å². The van der Waals surface area contributed by atoms with Gasteiger partial charge in [-0.25, -0.2) is 0 Å². The van der Waals surface area contributed by atoms with Crippen molar-refractivity contribution in [3.63, 3.8) is 0 Å². The highest BCUT2D eigenvalue weighted by Crippen LogP contribution is 2.13. The van der Waals surface area contributed by atoms with Crippen LogP contribution >= 0.6 is 0 Å². The second kappa shape index (κ2) is 7.81. The number of hydrogen-bond acceptors (Lipinski definition) is 4. The lowest BCUT2D eigenvalue weighted by atomic mass is 10.1. The maximum atomic E-state index is 11.8. The van der Waals surface area contributed by atoms with Crippen LogP contribution in [-0.4, -0.2) is 24.2 Å². The normalized spacial score (nSPS) is 9.82. The number of carbonyl (C=O) groups is 1. The van der Waals surface area contributed by atoms with E-state index < -0.39 is 0 Å². The molecule has 5 nitrogen and oxygen atoms in total. The average molecular weight is 295 g/mol. The van der Waals surface area contributed by atoms with Crippen LogP contribution in [0.4, 0.5) is 5.69 Å². The maximum Gasteiger partial charge on any atom is 0.251 e. The van der Waals surface area contributed by atoms with E-state index in [0.29, 0.717) is 17.7 Å². The zero-order chi connectivity index (χ0) is 15.8. The van der Waals surface area contributed by atoms with Crippen LogP contribution < -0.4 is 10.6 Å². The fourth-order valence-electron chi connectivity index (χ4n) is 2.00. The molecule has 0 saturated carbocycles. The zero-order valence-electron chi connectivity index (χ0n) is 12.0. The highest BCUT2D eigenvalue weighted by atomic mass is 16.3. The van der Waals surface area contributed by atoms with E-state index in [1.54, 1.807) is 24.3 Å². The molecule has 0 unspecified atom stereocenters. The van der Waals surface area contributed by atoms with Gasteiger partial charge in [-0.3, -0.25) is 4.79 Å². The van der Waals surface area contributed by atoms with E-state index >= 15 is 0 Å². The number of carbonyl (C=O) groups excluding carboxylic acids is 1. The number of anilines is 1. The topological polar surface area (TPSA) is 85.2 Å². The van der Waals surface area contributed by atoms with Crippen LogP contribution in [0.25, 0.3) is 0 Å². The van der Waals surface area contributed by atoms with Gasteiger partial charge in [-0.1, -0.05) is 18.2 Å². The zero-order valence-corrected chi connectivity index (χ0v) is 12.0. The molecule has 0 aromatic heterocycles. The second-order valence-corrected chi connectivity index (χ2v) is 4.73. The largest absolute Gasteiger partial charge is 0.395 e. The first-order chi connectivity index (χ1) is 10.7. The third-order valence-electron chi connectivity index (χ3n) is 3.07. The minimum Gasteiger partial charge on any atom is -0.395 e. The van der Waals surface area contributed by atoms with Crippen molar-refractivity contribution in [2.24, 2.45) is 0 Å². The van der Waals surface area contributed by atoms with Gasteiger partial charge in [0.25, 0.3) is 5.91 Å². The van der Waals surface area contributed by atoms with Crippen molar-refractivity contribution < 1.29 is 9.90 Å². The number of hydrogen-bond donors (Lipinski definition) is 3. The Balaban J connectivity index is 2.01. The predicted octanol–water partition coefficient (Wildman–Crippen LogP) is 1.89. The molecule has 0 saturated heterocycles. The lowest BCUT2D eigenvalue weighted by Crippen LogP contribution is -2.26. The summed E-state index contributed by atoms with van der Waals surface area (Å²) in [5.74, 6) is -0.218. The summed E-state index contributed by atoms with van der Waals surface area (Å²) in [6.45, 7) is 0.716. The highest BCUT2D eigenvalue weighted by Gasteiger charge is 2.05. The molecular weight excluding hydrogens is 278 g/mol. The summed E-state index contributed by atoms with van der Waals surface area (Å²) in [5.41, 5.74) is 2.97. The number of nitriles is 1. The van der Waals surface area contributed by atoms with Gasteiger partial charge in [0.05, 0.1) is 18.2 Å². The SMILES string of the molecule is N#Cc1cccc(CNc2cccc(C(=O)NCCO)c2)c1. The second-order valence-electron chi connectivity index (χ2n) is 4.73. The van der Waals surface area contributed by atoms with Gasteiger partial charge in [-0.05, 0) is 35.9 Å². The molecule has 0 aliphatic rings. The first-order valence-corrected chi connectivity index (χ1v) is 6.95. The summed E-state index contributed by atoms with van der Waals surface area (Å²) in [7, 11) is 0. The fraction of sp³-hybridized carbons (Fsp3) is 0.176. The van der Waals surface area contributed by atoms with Gasteiger partial charge in [0, 0.05) is 24.3 Å². The van der Waals surface area contributed by atoms with Gasteiger partial charge in [0.1, 0.15) is 0 Å². The number of nitrogens with zero attached hydrogens (tertiary/aromatic N) is 1. The lowest BCUT2D eigenvalue weighted by molar-refractivity contribution is 0.0945. The fourth-order valence-corrected chi connectivity index (χ4v) is 2.00. The summed E-state index contributed by atoms with van der Waals surface area (Å²) < 4.78 is 0. The van der Waals surface area contributed by atoms with E-state index in [2.05, 4.69) is 16.7 Å². The summed E-state index contributed by atoms with van der Waals surface area (Å²) in [5, 5.41) is 23.4. The molecule has 112 valence electrons. The van der Waals surface area contributed by atoms with Crippen LogP contribution in [0.1, 0.15) is 21.5 Å². The first-order valence-electron chi connectivity index (χ1n) is 6.95. The molecule has 5 heteroatoms. The van der Waals surface area contributed by atoms with E-state index in [1.807, 2.05) is 24.3 Å². The summed E-state index contributed by atoms with van der Waals surface area (Å²) in [6.07, 6.45) is 0. The van der Waals surface area contributed by atoms with E-state index in [-0.39, 0.29) is 19.1 Å². The summed E-state index contributed by atoms with van der Waals surface area (Å²) in [4.78, 5) is 11.8. The third kappa shape index (κ3) is 4.33. The van der Waals surface area contributed by atoms with Crippen molar-refractivity contribution >= 4 is 11.6 Å². The van der Waals surface area contributed by atoms with Crippen LogP contribution in [0.5, 0.6) is 0 Å². The standard InChI is InChI=1S/C17H17N3O2/c18-11-13-3-1-4-14(9-13)12-20-16-6-2-5-15(10-16)17(22)19-7-8-21/h1-6,9-10,20-21H,7-8,12H2,(H,19,22). The average Bonchev–Trinajstić information content (AvgIpc) is 2.58. The molecule has 2 rings (SSSR count). The number of nitrogens with one attached hydrogen (secondary N) is 2. The Morgan fingerprint density at radius 2 is 2.00 bits per heavy atom. The Hall–Kier alpha value is -2.84. The number of rotatable bonds is 6. The quantitative estimate of drug-likeness (QED) is 0.759. The van der Waals surface area contributed by atoms with Crippen molar-refractivity contribution in [2.75, 3.05) is 18.5 Å². The number of amides is 1. The van der Waals surface area contributed by atoms with Crippen LogP contribution in [-0.2, 0) is 6.54 Å². The van der Waals surface area contributed by atoms with Crippen LogP contribution in [0, 0.1) is 11.3 Å². The Morgan fingerprint density at radius 1 is 1.18 bits per heavy atom. The molecule has 0 atom stereocenters. The minimum absolute atomic E-state index is 0.0844. The Kier molecular flexibility index (Phi) is 5.52. The monoisotopic (exact) mass is 295 g/mol. The molecule has 0 radical (unpaired) electrons. The van der Waals surface area contributed by atoms with Crippen LogP contribution in [0.2, 0.25) is 0 Å². The Labute approximate surface area is 129 Å². The minimum atomic E-state index is -0.218. The molecule has 2 aromatic carbocycles. The van der Waals surface area contributed by atoms with Crippen LogP contribution in [0.15, 0.2) is 48.5 Å². The van der Waals surface area contributed by atoms with Crippen molar-refractivity contribution in [1.29, 1.82) is 5.26 Å². The van der Waals surface area contributed by atoms with Crippen molar-refractivity contribution in [3.05, 3.63) is 65.2 Å². The van der Waals surface area contributed by atoms with Gasteiger partial charge in [-0.15, -0.1) is 0 Å². The smallest absolute Gasteiger partial charge is 0.251 e. The lowest BCUT2D eigenvalue weighted by Gasteiger charge is -2.09.